The van der Waals surface area contributed by atoms with Crippen molar-refractivity contribution >= 4 is 5.91 Å². The minimum absolute atomic E-state index is 0.106. The average molecular weight is 285 g/mol. The summed E-state index contributed by atoms with van der Waals surface area (Å²) in [4.78, 5) is 14.5. The van der Waals surface area contributed by atoms with Gasteiger partial charge in [-0.2, -0.15) is 5.26 Å². The maximum Gasteiger partial charge on any atom is 0.240 e. The van der Waals surface area contributed by atoms with E-state index < -0.39 is 5.41 Å². The SMILES string of the molecule is CN(C)C(CNC(=O)C1(C#N)CCCC1)c1ccccc1. The topological polar surface area (TPSA) is 56.1 Å². The molecule has 21 heavy (non-hydrogen) atoms. The number of nitrogens with zero attached hydrogens (tertiary/aromatic N) is 2. The summed E-state index contributed by atoms with van der Waals surface area (Å²) in [6, 6.07) is 12.5. The number of hydrogen-bond acceptors (Lipinski definition) is 3. The molecule has 1 aromatic carbocycles. The number of benzene rings is 1. The van der Waals surface area contributed by atoms with Crippen LogP contribution in [0.1, 0.15) is 37.3 Å². The van der Waals surface area contributed by atoms with Crippen LogP contribution in [0.3, 0.4) is 0 Å². The number of rotatable bonds is 5. The fourth-order valence-corrected chi connectivity index (χ4v) is 3.00. The summed E-state index contributed by atoms with van der Waals surface area (Å²) in [5, 5.41) is 12.4. The zero-order chi connectivity index (χ0) is 15.3. The van der Waals surface area contributed by atoms with Gasteiger partial charge >= 0.3 is 0 Å². The third kappa shape index (κ3) is 3.43. The normalized spacial score (nSPS) is 18.2. The second-order valence-corrected chi connectivity index (χ2v) is 6.00. The molecule has 2 rings (SSSR count). The highest BCUT2D eigenvalue weighted by molar-refractivity contribution is 5.85. The summed E-state index contributed by atoms with van der Waals surface area (Å²) in [5.74, 6) is -0.106. The van der Waals surface area contributed by atoms with Crippen LogP contribution in [0, 0.1) is 16.7 Å². The van der Waals surface area contributed by atoms with Crippen LogP contribution in [-0.4, -0.2) is 31.4 Å². The first-order chi connectivity index (χ1) is 10.1. The van der Waals surface area contributed by atoms with Gasteiger partial charge in [-0.15, -0.1) is 0 Å². The lowest BCUT2D eigenvalue weighted by Crippen LogP contribution is -2.42. The number of carbonyl (C=O) groups is 1. The van der Waals surface area contributed by atoms with E-state index in [9.17, 15) is 10.1 Å². The molecule has 4 heteroatoms. The van der Waals surface area contributed by atoms with Crippen LogP contribution in [0.2, 0.25) is 0 Å². The second kappa shape index (κ2) is 6.73. The van der Waals surface area contributed by atoms with Gasteiger partial charge in [-0.05, 0) is 32.5 Å². The van der Waals surface area contributed by atoms with Crippen molar-refractivity contribution in [2.75, 3.05) is 20.6 Å². The maximum atomic E-state index is 12.4. The van der Waals surface area contributed by atoms with Crippen LogP contribution < -0.4 is 5.32 Å². The van der Waals surface area contributed by atoms with Crippen LogP contribution in [0.15, 0.2) is 30.3 Å². The number of carbonyl (C=O) groups excluding carboxylic acids is 1. The highest BCUT2D eigenvalue weighted by Crippen LogP contribution is 2.37. The monoisotopic (exact) mass is 285 g/mol. The third-order valence-corrected chi connectivity index (χ3v) is 4.37. The van der Waals surface area contributed by atoms with E-state index in [0.717, 1.165) is 12.8 Å². The predicted molar refractivity (Wildman–Crippen MR) is 82.4 cm³/mol. The van der Waals surface area contributed by atoms with Crippen molar-refractivity contribution < 1.29 is 4.79 Å². The van der Waals surface area contributed by atoms with Crippen molar-refractivity contribution in [1.29, 1.82) is 5.26 Å². The van der Waals surface area contributed by atoms with E-state index in [0.29, 0.717) is 19.4 Å². The van der Waals surface area contributed by atoms with Gasteiger partial charge in [0.1, 0.15) is 5.41 Å². The van der Waals surface area contributed by atoms with E-state index in [1.54, 1.807) is 0 Å². The van der Waals surface area contributed by atoms with Gasteiger partial charge in [0.15, 0.2) is 0 Å². The number of hydrogen-bond donors (Lipinski definition) is 1. The molecule has 1 aliphatic carbocycles. The Morgan fingerprint density at radius 1 is 1.33 bits per heavy atom. The van der Waals surface area contributed by atoms with Crippen molar-refractivity contribution in [2.24, 2.45) is 5.41 Å². The summed E-state index contributed by atoms with van der Waals surface area (Å²) in [7, 11) is 4.00. The summed E-state index contributed by atoms with van der Waals surface area (Å²) < 4.78 is 0. The van der Waals surface area contributed by atoms with Crippen molar-refractivity contribution in [1.82, 2.24) is 10.2 Å². The van der Waals surface area contributed by atoms with Gasteiger partial charge in [0.25, 0.3) is 0 Å². The predicted octanol–water partition coefficient (Wildman–Crippen LogP) is 2.49. The van der Waals surface area contributed by atoms with E-state index in [2.05, 4.69) is 28.4 Å². The first-order valence-corrected chi connectivity index (χ1v) is 7.50. The van der Waals surface area contributed by atoms with E-state index in [-0.39, 0.29) is 11.9 Å². The molecule has 0 heterocycles. The molecule has 1 aliphatic rings. The van der Waals surface area contributed by atoms with E-state index in [1.165, 1.54) is 5.56 Å². The summed E-state index contributed by atoms with van der Waals surface area (Å²) in [6.07, 6.45) is 3.31. The van der Waals surface area contributed by atoms with Crippen LogP contribution in [-0.2, 0) is 4.79 Å². The zero-order valence-corrected chi connectivity index (χ0v) is 12.8. The molecule has 112 valence electrons. The molecule has 1 unspecified atom stereocenters. The molecule has 0 aliphatic heterocycles. The maximum absolute atomic E-state index is 12.4. The molecule has 0 bridgehead atoms. The van der Waals surface area contributed by atoms with E-state index >= 15 is 0 Å². The Morgan fingerprint density at radius 3 is 2.48 bits per heavy atom. The molecule has 1 N–H and O–H groups in total. The van der Waals surface area contributed by atoms with Gasteiger partial charge < -0.3 is 10.2 Å². The molecule has 1 saturated carbocycles. The zero-order valence-electron chi connectivity index (χ0n) is 12.8. The average Bonchev–Trinajstić information content (AvgIpc) is 2.98. The van der Waals surface area contributed by atoms with Gasteiger partial charge in [-0.25, -0.2) is 0 Å². The molecule has 0 spiro atoms. The van der Waals surface area contributed by atoms with Crippen molar-refractivity contribution in [3.05, 3.63) is 35.9 Å². The standard InChI is InChI=1S/C17H23N3O/c1-20(2)15(14-8-4-3-5-9-14)12-19-16(21)17(13-18)10-6-7-11-17/h3-5,8-9,15H,6-7,10-12H2,1-2H3,(H,19,21). The smallest absolute Gasteiger partial charge is 0.240 e. The number of likely N-dealkylation sites (N-methyl/N-ethyl adjacent to an activating group) is 1. The minimum Gasteiger partial charge on any atom is -0.353 e. The van der Waals surface area contributed by atoms with Crippen LogP contribution >= 0.6 is 0 Å². The van der Waals surface area contributed by atoms with Crippen LogP contribution in [0.4, 0.5) is 0 Å². The molecular formula is C17H23N3O. The lowest BCUT2D eigenvalue weighted by atomic mass is 9.87. The first-order valence-electron chi connectivity index (χ1n) is 7.50. The third-order valence-electron chi connectivity index (χ3n) is 4.37. The van der Waals surface area contributed by atoms with Gasteiger partial charge in [0.05, 0.1) is 12.1 Å². The summed E-state index contributed by atoms with van der Waals surface area (Å²) >= 11 is 0. The molecule has 0 aromatic heterocycles. The van der Waals surface area contributed by atoms with E-state index in [1.807, 2.05) is 32.3 Å². The van der Waals surface area contributed by atoms with Gasteiger partial charge in [-0.1, -0.05) is 43.2 Å². The fraction of sp³-hybridized carbons (Fsp3) is 0.529. The number of nitrogens with one attached hydrogen (secondary N) is 1. The quantitative estimate of drug-likeness (QED) is 0.904. The summed E-state index contributed by atoms with van der Waals surface area (Å²) in [5.41, 5.74) is 0.369. The second-order valence-electron chi connectivity index (χ2n) is 6.00. The lowest BCUT2D eigenvalue weighted by molar-refractivity contribution is -0.128. The number of nitriles is 1. The molecule has 1 aromatic rings. The highest BCUT2D eigenvalue weighted by atomic mass is 16.2. The Morgan fingerprint density at radius 2 is 1.95 bits per heavy atom. The number of amides is 1. The Hall–Kier alpha value is -1.86. The van der Waals surface area contributed by atoms with Crippen molar-refractivity contribution in [2.45, 2.75) is 31.7 Å². The highest BCUT2D eigenvalue weighted by Gasteiger charge is 2.41. The fourth-order valence-electron chi connectivity index (χ4n) is 3.00. The Labute approximate surface area is 126 Å². The van der Waals surface area contributed by atoms with Gasteiger partial charge in [0, 0.05) is 6.54 Å². The summed E-state index contributed by atoms with van der Waals surface area (Å²) in [6.45, 7) is 0.527. The van der Waals surface area contributed by atoms with E-state index in [4.69, 9.17) is 0 Å². The van der Waals surface area contributed by atoms with Gasteiger partial charge in [0.2, 0.25) is 5.91 Å². The molecular weight excluding hydrogens is 262 g/mol. The van der Waals surface area contributed by atoms with Gasteiger partial charge in [-0.3, -0.25) is 4.79 Å². The molecule has 1 atom stereocenters. The Balaban J connectivity index is 2.03. The van der Waals surface area contributed by atoms with Crippen molar-refractivity contribution in [3.63, 3.8) is 0 Å². The Bertz CT molecular complexity index is 513. The lowest BCUT2D eigenvalue weighted by Gasteiger charge is -2.27. The molecule has 4 nitrogen and oxygen atoms in total. The molecule has 0 saturated heterocycles. The Kier molecular flexibility index (Phi) is 4.98. The van der Waals surface area contributed by atoms with Crippen LogP contribution in [0.25, 0.3) is 0 Å². The molecule has 0 radical (unpaired) electrons. The van der Waals surface area contributed by atoms with Crippen LogP contribution in [0.5, 0.6) is 0 Å². The molecule has 1 amide bonds. The first kappa shape index (κ1) is 15.5. The largest absolute Gasteiger partial charge is 0.353 e. The van der Waals surface area contributed by atoms with Crippen molar-refractivity contribution in [3.8, 4) is 6.07 Å². The minimum atomic E-state index is -0.798. The molecule has 1 fully saturated rings.